The van der Waals surface area contributed by atoms with E-state index in [2.05, 4.69) is 5.32 Å². The molecule has 0 spiro atoms. The molecule has 0 amide bonds. The molecule has 2 N–H and O–H groups in total. The molecule has 1 aliphatic carbocycles. The lowest BCUT2D eigenvalue weighted by Gasteiger charge is -2.39. The molecule has 1 heterocycles. The van der Waals surface area contributed by atoms with Crippen LogP contribution in [0.4, 0.5) is 0 Å². The summed E-state index contributed by atoms with van der Waals surface area (Å²) < 4.78 is 0. The Labute approximate surface area is 74.4 Å². The maximum atomic E-state index is 9.04. The largest absolute Gasteiger partial charge is 0.396 e. The number of hydrogen-bond acceptors (Lipinski definition) is 2. The molecule has 0 aromatic heterocycles. The Hall–Kier alpha value is -0.0800. The van der Waals surface area contributed by atoms with Gasteiger partial charge < -0.3 is 10.4 Å². The van der Waals surface area contributed by atoms with Crippen molar-refractivity contribution in [2.75, 3.05) is 13.2 Å². The first-order chi connectivity index (χ1) is 5.90. The van der Waals surface area contributed by atoms with Crippen molar-refractivity contribution >= 4 is 0 Å². The summed E-state index contributed by atoms with van der Waals surface area (Å²) in [7, 11) is 0. The van der Waals surface area contributed by atoms with Crippen molar-refractivity contribution in [3.8, 4) is 0 Å². The number of aliphatic hydroxyl groups excluding tert-OH is 1. The van der Waals surface area contributed by atoms with E-state index in [1.807, 2.05) is 0 Å². The summed E-state index contributed by atoms with van der Waals surface area (Å²) in [5.74, 6) is 1.40. The fourth-order valence-corrected chi connectivity index (χ4v) is 2.73. The van der Waals surface area contributed by atoms with Gasteiger partial charge >= 0.3 is 0 Å². The number of nitrogens with one attached hydrogen (secondary N) is 1. The molecule has 1 aliphatic heterocycles. The Bertz CT molecular complexity index is 149. The van der Waals surface area contributed by atoms with E-state index >= 15 is 0 Å². The van der Waals surface area contributed by atoms with Gasteiger partial charge in [0, 0.05) is 19.2 Å². The predicted octanol–water partition coefficient (Wildman–Crippen LogP) is 1.15. The SMILES string of the molecule is OCC1CNC2CCCCC2C1. The summed E-state index contributed by atoms with van der Waals surface area (Å²) in [6.07, 6.45) is 6.81. The van der Waals surface area contributed by atoms with E-state index in [0.29, 0.717) is 12.5 Å². The molecule has 0 radical (unpaired) electrons. The predicted molar refractivity (Wildman–Crippen MR) is 48.9 cm³/mol. The zero-order valence-corrected chi connectivity index (χ0v) is 7.63. The molecule has 2 aliphatic rings. The van der Waals surface area contributed by atoms with E-state index in [-0.39, 0.29) is 0 Å². The second-order valence-electron chi connectivity index (χ2n) is 4.34. The van der Waals surface area contributed by atoms with Gasteiger partial charge in [0.15, 0.2) is 0 Å². The monoisotopic (exact) mass is 169 g/mol. The van der Waals surface area contributed by atoms with Crippen molar-refractivity contribution in [3.05, 3.63) is 0 Å². The Morgan fingerprint density at radius 2 is 2.08 bits per heavy atom. The van der Waals surface area contributed by atoms with Crippen LogP contribution in [0.5, 0.6) is 0 Å². The Morgan fingerprint density at radius 3 is 2.92 bits per heavy atom. The highest BCUT2D eigenvalue weighted by molar-refractivity contribution is 4.87. The second kappa shape index (κ2) is 3.75. The molecule has 1 saturated heterocycles. The van der Waals surface area contributed by atoms with E-state index in [1.54, 1.807) is 0 Å². The highest BCUT2D eigenvalue weighted by Crippen LogP contribution is 2.32. The van der Waals surface area contributed by atoms with Gasteiger partial charge in [0.2, 0.25) is 0 Å². The van der Waals surface area contributed by atoms with Gasteiger partial charge in [-0.3, -0.25) is 0 Å². The minimum absolute atomic E-state index is 0.371. The van der Waals surface area contributed by atoms with Crippen molar-refractivity contribution in [1.29, 1.82) is 0 Å². The van der Waals surface area contributed by atoms with Crippen LogP contribution >= 0.6 is 0 Å². The molecule has 0 aromatic rings. The molecule has 3 unspecified atom stereocenters. The topological polar surface area (TPSA) is 32.3 Å². The third kappa shape index (κ3) is 1.64. The molecule has 2 heteroatoms. The maximum Gasteiger partial charge on any atom is 0.0471 e. The summed E-state index contributed by atoms with van der Waals surface area (Å²) in [6, 6.07) is 0.779. The normalized spacial score (nSPS) is 42.2. The van der Waals surface area contributed by atoms with Gasteiger partial charge in [0.25, 0.3) is 0 Å². The number of piperidine rings is 1. The first-order valence-corrected chi connectivity index (χ1v) is 5.24. The molecule has 2 rings (SSSR count). The van der Waals surface area contributed by atoms with E-state index in [4.69, 9.17) is 5.11 Å². The van der Waals surface area contributed by atoms with Crippen molar-refractivity contribution in [2.45, 2.75) is 38.1 Å². The van der Waals surface area contributed by atoms with Gasteiger partial charge in [-0.05, 0) is 31.1 Å². The number of rotatable bonds is 1. The first kappa shape index (κ1) is 8.52. The first-order valence-electron chi connectivity index (χ1n) is 5.24. The van der Waals surface area contributed by atoms with Gasteiger partial charge in [-0.25, -0.2) is 0 Å². The van der Waals surface area contributed by atoms with Crippen molar-refractivity contribution in [3.63, 3.8) is 0 Å². The summed E-state index contributed by atoms with van der Waals surface area (Å²) >= 11 is 0. The standard InChI is InChI=1S/C10H19NO/c12-7-8-5-9-3-1-2-4-10(9)11-6-8/h8-12H,1-7H2. The minimum atomic E-state index is 0.371. The van der Waals surface area contributed by atoms with Gasteiger partial charge in [-0.2, -0.15) is 0 Å². The number of aliphatic hydroxyl groups is 1. The third-order valence-corrected chi connectivity index (χ3v) is 3.47. The lowest BCUT2D eigenvalue weighted by atomic mass is 9.76. The Balaban J connectivity index is 1.90. The fourth-order valence-electron chi connectivity index (χ4n) is 2.73. The molecule has 0 bridgehead atoms. The smallest absolute Gasteiger partial charge is 0.0471 e. The fraction of sp³-hybridized carbons (Fsp3) is 1.00. The lowest BCUT2D eigenvalue weighted by Crippen LogP contribution is -2.47. The summed E-state index contributed by atoms with van der Waals surface area (Å²) in [6.45, 7) is 1.41. The van der Waals surface area contributed by atoms with Crippen LogP contribution in [0.3, 0.4) is 0 Å². The quantitative estimate of drug-likeness (QED) is 0.617. The van der Waals surface area contributed by atoms with Crippen molar-refractivity contribution in [2.24, 2.45) is 11.8 Å². The number of fused-ring (bicyclic) bond motifs is 1. The Morgan fingerprint density at radius 1 is 1.25 bits per heavy atom. The molecule has 2 fully saturated rings. The third-order valence-electron chi connectivity index (χ3n) is 3.47. The van der Waals surface area contributed by atoms with Crippen LogP contribution in [0.1, 0.15) is 32.1 Å². The maximum absolute atomic E-state index is 9.04. The van der Waals surface area contributed by atoms with Crippen LogP contribution in [0, 0.1) is 11.8 Å². The van der Waals surface area contributed by atoms with Crippen LogP contribution in [0.2, 0.25) is 0 Å². The highest BCUT2D eigenvalue weighted by Gasteiger charge is 2.31. The van der Waals surface area contributed by atoms with Crippen LogP contribution in [0.15, 0.2) is 0 Å². The summed E-state index contributed by atoms with van der Waals surface area (Å²) in [4.78, 5) is 0. The molecule has 70 valence electrons. The van der Waals surface area contributed by atoms with Gasteiger partial charge in [-0.15, -0.1) is 0 Å². The van der Waals surface area contributed by atoms with Crippen LogP contribution in [-0.4, -0.2) is 24.3 Å². The van der Waals surface area contributed by atoms with E-state index < -0.39 is 0 Å². The molecular weight excluding hydrogens is 150 g/mol. The van der Waals surface area contributed by atoms with Crippen molar-refractivity contribution in [1.82, 2.24) is 5.32 Å². The van der Waals surface area contributed by atoms with Gasteiger partial charge in [0.05, 0.1) is 0 Å². The van der Waals surface area contributed by atoms with Crippen LogP contribution in [0.25, 0.3) is 0 Å². The zero-order chi connectivity index (χ0) is 8.39. The molecule has 1 saturated carbocycles. The molecular formula is C10H19NO. The summed E-state index contributed by atoms with van der Waals surface area (Å²) in [5, 5.41) is 12.6. The van der Waals surface area contributed by atoms with Crippen LogP contribution < -0.4 is 5.32 Å². The summed E-state index contributed by atoms with van der Waals surface area (Å²) in [5.41, 5.74) is 0. The lowest BCUT2D eigenvalue weighted by molar-refractivity contribution is 0.120. The van der Waals surface area contributed by atoms with Crippen LogP contribution in [-0.2, 0) is 0 Å². The van der Waals surface area contributed by atoms with E-state index in [0.717, 1.165) is 18.5 Å². The van der Waals surface area contributed by atoms with Gasteiger partial charge in [-0.1, -0.05) is 12.8 Å². The van der Waals surface area contributed by atoms with E-state index in [9.17, 15) is 0 Å². The van der Waals surface area contributed by atoms with Gasteiger partial charge in [0.1, 0.15) is 0 Å². The number of hydrogen-bond donors (Lipinski definition) is 2. The molecule has 3 atom stereocenters. The molecule has 12 heavy (non-hydrogen) atoms. The zero-order valence-electron chi connectivity index (χ0n) is 7.63. The second-order valence-corrected chi connectivity index (χ2v) is 4.34. The van der Waals surface area contributed by atoms with Crippen molar-refractivity contribution < 1.29 is 5.11 Å². The molecule has 2 nitrogen and oxygen atoms in total. The average Bonchev–Trinajstić information content (AvgIpc) is 2.17. The highest BCUT2D eigenvalue weighted by atomic mass is 16.3. The average molecular weight is 169 g/mol. The minimum Gasteiger partial charge on any atom is -0.396 e. The Kier molecular flexibility index (Phi) is 2.66. The van der Waals surface area contributed by atoms with E-state index in [1.165, 1.54) is 32.1 Å². The molecule has 0 aromatic carbocycles.